The Labute approximate surface area is 65.7 Å². The minimum absolute atomic E-state index is 0.316. The molecule has 0 bridgehead atoms. The lowest BCUT2D eigenvalue weighted by Gasteiger charge is -2.34. The highest BCUT2D eigenvalue weighted by molar-refractivity contribution is 4.90. The Morgan fingerprint density at radius 2 is 2.09 bits per heavy atom. The fourth-order valence-corrected chi connectivity index (χ4v) is 1.11. The summed E-state index contributed by atoms with van der Waals surface area (Å²) in [5, 5.41) is 18.6. The number of aliphatic hydroxyl groups excluding tert-OH is 2. The van der Waals surface area contributed by atoms with Crippen LogP contribution >= 0.6 is 0 Å². The van der Waals surface area contributed by atoms with Crippen molar-refractivity contribution in [1.29, 1.82) is 0 Å². The maximum atomic E-state index is 9.38. The van der Waals surface area contributed by atoms with Gasteiger partial charge in [-0.15, -0.1) is 0 Å². The third-order valence-electron chi connectivity index (χ3n) is 1.86. The van der Waals surface area contributed by atoms with Crippen LogP contribution in [0, 0.1) is 6.61 Å². The van der Waals surface area contributed by atoms with E-state index in [0.717, 1.165) is 0 Å². The van der Waals surface area contributed by atoms with Crippen LogP contribution in [0.1, 0.15) is 6.92 Å². The largest absolute Gasteiger partial charge is 0.388 e. The number of aliphatic hydroxyl groups is 2. The van der Waals surface area contributed by atoms with Crippen LogP contribution < -0.4 is 0 Å². The van der Waals surface area contributed by atoms with Gasteiger partial charge in [0.05, 0.1) is 6.10 Å². The van der Waals surface area contributed by atoms with E-state index in [4.69, 9.17) is 9.47 Å². The molecule has 65 valence electrons. The average molecular weight is 161 g/mol. The van der Waals surface area contributed by atoms with Crippen molar-refractivity contribution in [1.82, 2.24) is 0 Å². The van der Waals surface area contributed by atoms with E-state index in [1.165, 1.54) is 13.7 Å². The summed E-state index contributed by atoms with van der Waals surface area (Å²) < 4.78 is 9.80. The van der Waals surface area contributed by atoms with Crippen LogP contribution in [0.3, 0.4) is 0 Å². The maximum absolute atomic E-state index is 9.38. The van der Waals surface area contributed by atoms with Crippen molar-refractivity contribution < 1.29 is 19.7 Å². The van der Waals surface area contributed by atoms with Crippen LogP contribution in [-0.4, -0.2) is 41.7 Å². The molecule has 0 aromatic rings. The predicted molar refractivity (Wildman–Crippen MR) is 37.7 cm³/mol. The van der Waals surface area contributed by atoms with Crippen LogP contribution in [0.4, 0.5) is 0 Å². The Balaban J connectivity index is 2.55. The molecule has 1 rings (SSSR count). The highest BCUT2D eigenvalue weighted by Crippen LogP contribution is 2.19. The molecule has 0 spiro atoms. The third-order valence-corrected chi connectivity index (χ3v) is 1.86. The van der Waals surface area contributed by atoms with Gasteiger partial charge in [-0.3, -0.25) is 0 Å². The van der Waals surface area contributed by atoms with Gasteiger partial charge in [-0.05, 0) is 6.92 Å². The molecule has 1 heterocycles. The number of rotatable bonds is 1. The van der Waals surface area contributed by atoms with Crippen LogP contribution in [0.15, 0.2) is 0 Å². The van der Waals surface area contributed by atoms with E-state index in [1.807, 2.05) is 0 Å². The minimum atomic E-state index is -0.841. The SMILES string of the molecule is CO[C@@H]1[C@@H](O)[C@H](C)O[CH][C@H]1O. The molecule has 4 heteroatoms. The Morgan fingerprint density at radius 1 is 1.45 bits per heavy atom. The smallest absolute Gasteiger partial charge is 0.115 e. The summed E-state index contributed by atoms with van der Waals surface area (Å²) in [6.07, 6.45) is -2.49. The molecule has 2 N–H and O–H groups in total. The number of hydrogen-bond acceptors (Lipinski definition) is 4. The topological polar surface area (TPSA) is 58.9 Å². The van der Waals surface area contributed by atoms with Crippen molar-refractivity contribution in [2.24, 2.45) is 0 Å². The third kappa shape index (κ3) is 1.70. The fourth-order valence-electron chi connectivity index (χ4n) is 1.11. The molecule has 0 aromatic carbocycles. The zero-order valence-corrected chi connectivity index (χ0v) is 6.60. The van der Waals surface area contributed by atoms with E-state index in [0.29, 0.717) is 0 Å². The van der Waals surface area contributed by atoms with E-state index in [2.05, 4.69) is 0 Å². The Morgan fingerprint density at radius 3 is 2.55 bits per heavy atom. The van der Waals surface area contributed by atoms with E-state index in [9.17, 15) is 10.2 Å². The molecule has 1 saturated heterocycles. The van der Waals surface area contributed by atoms with Gasteiger partial charge in [0.2, 0.25) is 0 Å². The molecule has 1 radical (unpaired) electrons. The van der Waals surface area contributed by atoms with E-state index < -0.39 is 18.3 Å². The van der Waals surface area contributed by atoms with Gasteiger partial charge in [0.25, 0.3) is 0 Å². The second kappa shape index (κ2) is 3.49. The first kappa shape index (κ1) is 8.93. The molecule has 1 fully saturated rings. The molecule has 1 aliphatic heterocycles. The van der Waals surface area contributed by atoms with Gasteiger partial charge in [0, 0.05) is 7.11 Å². The highest BCUT2D eigenvalue weighted by Gasteiger charge is 2.36. The molecular weight excluding hydrogens is 148 g/mol. The van der Waals surface area contributed by atoms with Crippen molar-refractivity contribution in [3.8, 4) is 0 Å². The van der Waals surface area contributed by atoms with Crippen LogP contribution in [0.25, 0.3) is 0 Å². The molecule has 0 aromatic heterocycles. The van der Waals surface area contributed by atoms with Gasteiger partial charge in [-0.2, -0.15) is 0 Å². The quantitative estimate of drug-likeness (QED) is 0.534. The summed E-state index contributed by atoms with van der Waals surface area (Å²) in [6, 6.07) is 0. The zero-order valence-electron chi connectivity index (χ0n) is 6.60. The summed E-state index contributed by atoms with van der Waals surface area (Å²) in [7, 11) is 1.45. The molecule has 0 amide bonds. The lowest BCUT2D eigenvalue weighted by molar-refractivity contribution is -0.166. The summed E-state index contributed by atoms with van der Waals surface area (Å²) in [4.78, 5) is 0. The minimum Gasteiger partial charge on any atom is -0.388 e. The van der Waals surface area contributed by atoms with Gasteiger partial charge < -0.3 is 19.7 Å². The summed E-state index contributed by atoms with van der Waals surface area (Å²) in [5.41, 5.74) is 0. The monoisotopic (exact) mass is 161 g/mol. The van der Waals surface area contributed by atoms with Gasteiger partial charge in [0.1, 0.15) is 24.9 Å². The number of methoxy groups -OCH3 is 1. The van der Waals surface area contributed by atoms with Gasteiger partial charge in [-0.1, -0.05) is 0 Å². The van der Waals surface area contributed by atoms with E-state index >= 15 is 0 Å². The molecule has 4 atom stereocenters. The van der Waals surface area contributed by atoms with Crippen LogP contribution in [-0.2, 0) is 9.47 Å². The van der Waals surface area contributed by atoms with Crippen molar-refractivity contribution in [2.45, 2.75) is 31.3 Å². The lowest BCUT2D eigenvalue weighted by atomic mass is 10.0. The Hall–Kier alpha value is -0.160. The average Bonchev–Trinajstić information content (AvgIpc) is 1.99. The van der Waals surface area contributed by atoms with Crippen molar-refractivity contribution in [3.63, 3.8) is 0 Å². The fraction of sp³-hybridized carbons (Fsp3) is 0.857. The molecule has 1 aliphatic rings. The predicted octanol–water partition coefficient (Wildman–Crippen LogP) is -0.696. The first-order chi connectivity index (χ1) is 5.16. The maximum Gasteiger partial charge on any atom is 0.115 e. The van der Waals surface area contributed by atoms with Gasteiger partial charge in [-0.25, -0.2) is 0 Å². The molecule has 0 aliphatic carbocycles. The second-order valence-electron chi connectivity index (χ2n) is 2.66. The Kier molecular flexibility index (Phi) is 2.84. The molecule has 0 unspecified atom stereocenters. The summed E-state index contributed by atoms with van der Waals surface area (Å²) in [5.74, 6) is 0. The number of hydrogen-bond donors (Lipinski definition) is 2. The highest BCUT2D eigenvalue weighted by atomic mass is 16.5. The normalized spacial score (nSPS) is 45.8. The van der Waals surface area contributed by atoms with Crippen molar-refractivity contribution in [2.75, 3.05) is 7.11 Å². The van der Waals surface area contributed by atoms with Crippen LogP contribution in [0.2, 0.25) is 0 Å². The summed E-state index contributed by atoms with van der Waals surface area (Å²) >= 11 is 0. The summed E-state index contributed by atoms with van der Waals surface area (Å²) in [6.45, 7) is 3.00. The molecule has 11 heavy (non-hydrogen) atoms. The van der Waals surface area contributed by atoms with Gasteiger partial charge in [0.15, 0.2) is 0 Å². The molecule has 0 saturated carbocycles. The first-order valence-electron chi connectivity index (χ1n) is 3.54. The Bertz CT molecular complexity index is 128. The van der Waals surface area contributed by atoms with Crippen molar-refractivity contribution in [3.05, 3.63) is 6.61 Å². The van der Waals surface area contributed by atoms with Crippen molar-refractivity contribution >= 4 is 0 Å². The molecular formula is C7H13O4. The standard InChI is InChI=1S/C7H13O4/c1-4-6(9)7(10-2)5(8)3-11-4/h3-9H,1-2H3/t4-,5+,6-,7-/m0/s1. The van der Waals surface area contributed by atoms with E-state index in [1.54, 1.807) is 6.92 Å². The van der Waals surface area contributed by atoms with Gasteiger partial charge >= 0.3 is 0 Å². The van der Waals surface area contributed by atoms with Crippen LogP contribution in [0.5, 0.6) is 0 Å². The lowest BCUT2D eigenvalue weighted by Crippen LogP contribution is -2.50. The second-order valence-corrected chi connectivity index (χ2v) is 2.66. The van der Waals surface area contributed by atoms with E-state index in [-0.39, 0.29) is 6.10 Å². The first-order valence-corrected chi connectivity index (χ1v) is 3.54. The molecule has 4 nitrogen and oxygen atoms in total. The zero-order chi connectivity index (χ0) is 8.43. The number of ether oxygens (including phenoxy) is 2.